The van der Waals surface area contributed by atoms with Gasteiger partial charge in [0, 0.05) is 13.1 Å². The lowest BCUT2D eigenvalue weighted by molar-refractivity contribution is -0.133. The van der Waals surface area contributed by atoms with Crippen LogP contribution in [0.15, 0.2) is 0 Å². The van der Waals surface area contributed by atoms with Crippen LogP contribution in [0.1, 0.15) is 6.92 Å². The fourth-order valence-corrected chi connectivity index (χ4v) is 0.862. The maximum absolute atomic E-state index is 11.2. The maximum atomic E-state index is 11.2. The maximum Gasteiger partial charge on any atom is 0.239 e. The van der Waals surface area contributed by atoms with Crippen LogP contribution in [0, 0.1) is 0 Å². The molecule has 0 fully saturated rings. The molecular formula is C7H16N2O3. The van der Waals surface area contributed by atoms with Crippen molar-refractivity contribution in [3.8, 4) is 0 Å². The Morgan fingerprint density at radius 2 is 1.83 bits per heavy atom. The Bertz CT molecular complexity index is 133. The zero-order valence-electron chi connectivity index (χ0n) is 7.23. The van der Waals surface area contributed by atoms with Crippen LogP contribution < -0.4 is 5.73 Å². The van der Waals surface area contributed by atoms with Gasteiger partial charge in [-0.25, -0.2) is 0 Å². The summed E-state index contributed by atoms with van der Waals surface area (Å²) in [5.41, 5.74) is 5.34. The van der Waals surface area contributed by atoms with Gasteiger partial charge in [-0.15, -0.1) is 0 Å². The van der Waals surface area contributed by atoms with Crippen molar-refractivity contribution in [1.29, 1.82) is 0 Å². The highest BCUT2D eigenvalue weighted by atomic mass is 16.3. The topological polar surface area (TPSA) is 86.8 Å². The van der Waals surface area contributed by atoms with E-state index in [4.69, 9.17) is 15.9 Å². The van der Waals surface area contributed by atoms with E-state index in [1.54, 1.807) is 6.92 Å². The van der Waals surface area contributed by atoms with Gasteiger partial charge in [0.1, 0.15) is 0 Å². The molecule has 0 unspecified atom stereocenters. The number of rotatable bonds is 5. The van der Waals surface area contributed by atoms with E-state index in [-0.39, 0.29) is 32.2 Å². The second kappa shape index (κ2) is 5.93. The van der Waals surface area contributed by atoms with Gasteiger partial charge < -0.3 is 20.8 Å². The molecule has 12 heavy (non-hydrogen) atoms. The molecule has 5 nitrogen and oxygen atoms in total. The lowest BCUT2D eigenvalue weighted by Gasteiger charge is -2.22. The Morgan fingerprint density at radius 1 is 1.42 bits per heavy atom. The van der Waals surface area contributed by atoms with Crippen molar-refractivity contribution in [3.63, 3.8) is 0 Å². The molecule has 0 aliphatic rings. The van der Waals surface area contributed by atoms with E-state index in [0.29, 0.717) is 0 Å². The summed E-state index contributed by atoms with van der Waals surface area (Å²) in [7, 11) is 0. The predicted octanol–water partition coefficient (Wildman–Crippen LogP) is -1.85. The summed E-state index contributed by atoms with van der Waals surface area (Å²) in [5, 5.41) is 17.2. The van der Waals surface area contributed by atoms with Crippen LogP contribution in [0.3, 0.4) is 0 Å². The first-order valence-corrected chi connectivity index (χ1v) is 3.89. The molecule has 1 amide bonds. The molecule has 0 aromatic heterocycles. The number of nitrogens with two attached hydrogens (primary N) is 1. The van der Waals surface area contributed by atoms with Gasteiger partial charge in [0.2, 0.25) is 5.91 Å². The molecule has 72 valence electrons. The number of carbonyl (C=O) groups excluding carboxylic acids is 1. The van der Waals surface area contributed by atoms with Crippen LogP contribution in [0.4, 0.5) is 0 Å². The van der Waals surface area contributed by atoms with E-state index in [9.17, 15) is 4.79 Å². The smallest absolute Gasteiger partial charge is 0.239 e. The first-order valence-electron chi connectivity index (χ1n) is 3.89. The van der Waals surface area contributed by atoms with E-state index in [1.807, 2.05) is 0 Å². The molecule has 5 heteroatoms. The second-order valence-corrected chi connectivity index (χ2v) is 2.56. The minimum absolute atomic E-state index is 0.113. The Morgan fingerprint density at radius 3 is 2.08 bits per heavy atom. The van der Waals surface area contributed by atoms with Gasteiger partial charge >= 0.3 is 0 Å². The van der Waals surface area contributed by atoms with Crippen LogP contribution in [-0.4, -0.2) is 53.4 Å². The minimum atomic E-state index is -0.580. The van der Waals surface area contributed by atoms with Gasteiger partial charge in [-0.05, 0) is 6.92 Å². The average Bonchev–Trinajstić information content (AvgIpc) is 2.03. The molecule has 4 N–H and O–H groups in total. The molecule has 0 aliphatic heterocycles. The van der Waals surface area contributed by atoms with Crippen molar-refractivity contribution in [2.45, 2.75) is 13.0 Å². The first kappa shape index (κ1) is 11.4. The van der Waals surface area contributed by atoms with E-state index in [0.717, 1.165) is 0 Å². The molecule has 0 saturated carbocycles. The molecule has 0 aromatic carbocycles. The molecule has 0 spiro atoms. The summed E-state index contributed by atoms with van der Waals surface area (Å²) in [6, 6.07) is -0.580. The molecule has 0 saturated heterocycles. The van der Waals surface area contributed by atoms with Crippen LogP contribution in [-0.2, 0) is 4.79 Å². The summed E-state index contributed by atoms with van der Waals surface area (Å²) in [6.45, 7) is 1.79. The number of aliphatic hydroxyl groups excluding tert-OH is 2. The lowest BCUT2D eigenvalue weighted by Crippen LogP contribution is -2.44. The molecule has 0 radical (unpaired) electrons. The first-order chi connectivity index (χ1) is 5.63. The molecule has 1 atom stereocenters. The van der Waals surface area contributed by atoms with Crippen molar-refractivity contribution in [2.75, 3.05) is 26.3 Å². The summed E-state index contributed by atoms with van der Waals surface area (Å²) in [4.78, 5) is 12.5. The Kier molecular flexibility index (Phi) is 5.61. The van der Waals surface area contributed by atoms with E-state index in [1.165, 1.54) is 4.90 Å². The highest BCUT2D eigenvalue weighted by molar-refractivity contribution is 5.81. The fourth-order valence-electron chi connectivity index (χ4n) is 0.862. The molecule has 0 heterocycles. The van der Waals surface area contributed by atoms with E-state index >= 15 is 0 Å². The third-order valence-electron chi connectivity index (χ3n) is 1.44. The monoisotopic (exact) mass is 176 g/mol. The zero-order chi connectivity index (χ0) is 9.56. The normalized spacial score (nSPS) is 12.7. The third-order valence-corrected chi connectivity index (χ3v) is 1.44. The molecule has 0 bridgehead atoms. The third kappa shape index (κ3) is 3.66. The number of amides is 1. The average molecular weight is 176 g/mol. The fraction of sp³-hybridized carbons (Fsp3) is 0.857. The SMILES string of the molecule is C[C@H](N)C(=O)N(CCO)CCO. The summed E-state index contributed by atoms with van der Waals surface area (Å²) < 4.78 is 0. The quantitative estimate of drug-likeness (QED) is 0.459. The largest absolute Gasteiger partial charge is 0.395 e. The Hall–Kier alpha value is -0.650. The van der Waals surface area contributed by atoms with Crippen LogP contribution in [0.2, 0.25) is 0 Å². The van der Waals surface area contributed by atoms with Crippen molar-refractivity contribution >= 4 is 5.91 Å². The summed E-state index contributed by atoms with van der Waals surface area (Å²) >= 11 is 0. The Labute approximate surface area is 71.8 Å². The van der Waals surface area contributed by atoms with Gasteiger partial charge in [0.25, 0.3) is 0 Å². The van der Waals surface area contributed by atoms with Crippen LogP contribution >= 0.6 is 0 Å². The highest BCUT2D eigenvalue weighted by Gasteiger charge is 2.15. The van der Waals surface area contributed by atoms with Gasteiger partial charge in [-0.1, -0.05) is 0 Å². The number of nitrogens with zero attached hydrogens (tertiary/aromatic N) is 1. The minimum Gasteiger partial charge on any atom is -0.395 e. The summed E-state index contributed by atoms with van der Waals surface area (Å²) in [5.74, 6) is -0.252. The number of aliphatic hydroxyl groups is 2. The predicted molar refractivity (Wildman–Crippen MR) is 44.4 cm³/mol. The lowest BCUT2D eigenvalue weighted by atomic mass is 10.3. The molecule has 0 rings (SSSR count). The number of carbonyl (C=O) groups is 1. The number of hydrogen-bond acceptors (Lipinski definition) is 4. The molecular weight excluding hydrogens is 160 g/mol. The second-order valence-electron chi connectivity index (χ2n) is 2.56. The standard InChI is InChI=1S/C7H16N2O3/c1-6(8)7(12)9(2-4-10)3-5-11/h6,10-11H,2-5,8H2,1H3/t6-/m0/s1. The highest BCUT2D eigenvalue weighted by Crippen LogP contribution is 1.91. The van der Waals surface area contributed by atoms with Crippen molar-refractivity contribution in [3.05, 3.63) is 0 Å². The zero-order valence-corrected chi connectivity index (χ0v) is 7.23. The van der Waals surface area contributed by atoms with E-state index in [2.05, 4.69) is 0 Å². The van der Waals surface area contributed by atoms with Crippen molar-refractivity contribution in [1.82, 2.24) is 4.90 Å². The summed E-state index contributed by atoms with van der Waals surface area (Å²) in [6.07, 6.45) is 0. The van der Waals surface area contributed by atoms with Gasteiger partial charge in [-0.3, -0.25) is 4.79 Å². The number of hydrogen-bond donors (Lipinski definition) is 3. The van der Waals surface area contributed by atoms with Crippen molar-refractivity contribution < 1.29 is 15.0 Å². The molecule has 0 aromatic rings. The molecule has 0 aliphatic carbocycles. The van der Waals surface area contributed by atoms with Gasteiger partial charge in [-0.2, -0.15) is 0 Å². The van der Waals surface area contributed by atoms with Gasteiger partial charge in [0.05, 0.1) is 19.3 Å². The Balaban J connectivity index is 3.99. The van der Waals surface area contributed by atoms with E-state index < -0.39 is 6.04 Å². The van der Waals surface area contributed by atoms with Crippen LogP contribution in [0.5, 0.6) is 0 Å². The van der Waals surface area contributed by atoms with Crippen molar-refractivity contribution in [2.24, 2.45) is 5.73 Å². The van der Waals surface area contributed by atoms with Crippen LogP contribution in [0.25, 0.3) is 0 Å². The van der Waals surface area contributed by atoms with Gasteiger partial charge in [0.15, 0.2) is 0 Å².